The summed E-state index contributed by atoms with van der Waals surface area (Å²) in [6.07, 6.45) is 6.22. The molecule has 0 bridgehead atoms. The molecule has 2 N–H and O–H groups in total. The molecule has 0 aliphatic heterocycles. The van der Waals surface area contributed by atoms with Gasteiger partial charge < -0.3 is 10.6 Å². The molecule has 1 fully saturated rings. The molecule has 0 spiro atoms. The van der Waals surface area contributed by atoms with Gasteiger partial charge in [-0.25, -0.2) is 0 Å². The van der Waals surface area contributed by atoms with Crippen molar-refractivity contribution in [2.75, 3.05) is 23.7 Å². The van der Waals surface area contributed by atoms with Crippen molar-refractivity contribution in [2.45, 2.75) is 46.0 Å². The monoisotopic (exact) mass is 291 g/mol. The summed E-state index contributed by atoms with van der Waals surface area (Å²) in [4.78, 5) is 11.1. The zero-order valence-electron chi connectivity index (χ0n) is 12.9. The highest BCUT2D eigenvalue weighted by Crippen LogP contribution is 2.38. The summed E-state index contributed by atoms with van der Waals surface area (Å²) in [6.45, 7) is 5.68. The first-order chi connectivity index (χ1) is 10.1. The topological polar surface area (TPSA) is 67.2 Å². The molecular formula is C16H25N3O2. The van der Waals surface area contributed by atoms with Gasteiger partial charge in [0, 0.05) is 13.1 Å². The second-order valence-corrected chi connectivity index (χ2v) is 6.21. The van der Waals surface area contributed by atoms with Crippen LogP contribution in [0, 0.1) is 15.5 Å². The number of nitro benzene ring substituents is 1. The summed E-state index contributed by atoms with van der Waals surface area (Å²) in [5.41, 5.74) is 1.60. The molecule has 0 aromatic heterocycles. The van der Waals surface area contributed by atoms with Crippen molar-refractivity contribution in [3.05, 3.63) is 28.3 Å². The molecular weight excluding hydrogens is 266 g/mol. The van der Waals surface area contributed by atoms with Crippen LogP contribution in [-0.2, 0) is 0 Å². The lowest BCUT2D eigenvalue weighted by molar-refractivity contribution is -0.383. The molecule has 1 saturated carbocycles. The molecule has 21 heavy (non-hydrogen) atoms. The highest BCUT2D eigenvalue weighted by atomic mass is 16.6. The second kappa shape index (κ2) is 6.78. The highest BCUT2D eigenvalue weighted by Gasteiger charge is 2.28. The summed E-state index contributed by atoms with van der Waals surface area (Å²) in [5.74, 6) is 0. The SMILES string of the molecule is CCNc1cccc(NCC2(C)CCCCC2)c1[N+](=O)[O-]. The predicted octanol–water partition coefficient (Wildman–Crippen LogP) is 4.41. The van der Waals surface area contributed by atoms with Crippen LogP contribution in [0.1, 0.15) is 46.0 Å². The fourth-order valence-corrected chi connectivity index (χ4v) is 3.11. The van der Waals surface area contributed by atoms with Crippen molar-refractivity contribution < 1.29 is 4.92 Å². The molecule has 1 aromatic carbocycles. The Balaban J connectivity index is 2.15. The van der Waals surface area contributed by atoms with Crippen LogP contribution < -0.4 is 10.6 Å². The number of hydrogen-bond acceptors (Lipinski definition) is 4. The van der Waals surface area contributed by atoms with Gasteiger partial charge in [0.1, 0.15) is 11.4 Å². The van der Waals surface area contributed by atoms with Crippen LogP contribution in [0.4, 0.5) is 17.1 Å². The molecule has 0 saturated heterocycles. The summed E-state index contributed by atoms with van der Waals surface area (Å²) in [5, 5.41) is 17.8. The van der Waals surface area contributed by atoms with Gasteiger partial charge in [0.05, 0.1) is 4.92 Å². The van der Waals surface area contributed by atoms with E-state index in [2.05, 4.69) is 17.6 Å². The Morgan fingerprint density at radius 3 is 2.38 bits per heavy atom. The van der Waals surface area contributed by atoms with Gasteiger partial charge in [-0.15, -0.1) is 0 Å². The van der Waals surface area contributed by atoms with Gasteiger partial charge in [-0.05, 0) is 37.3 Å². The zero-order valence-corrected chi connectivity index (χ0v) is 12.9. The lowest BCUT2D eigenvalue weighted by atomic mass is 9.75. The number of nitrogens with zero attached hydrogens (tertiary/aromatic N) is 1. The first-order valence-corrected chi connectivity index (χ1v) is 7.81. The summed E-state index contributed by atoms with van der Waals surface area (Å²) in [6, 6.07) is 5.41. The van der Waals surface area contributed by atoms with Gasteiger partial charge in [0.25, 0.3) is 0 Å². The Morgan fingerprint density at radius 2 is 1.81 bits per heavy atom. The van der Waals surface area contributed by atoms with Crippen LogP contribution in [-0.4, -0.2) is 18.0 Å². The average Bonchev–Trinajstić information content (AvgIpc) is 2.46. The summed E-state index contributed by atoms with van der Waals surface area (Å²) >= 11 is 0. The first-order valence-electron chi connectivity index (χ1n) is 7.81. The fourth-order valence-electron chi connectivity index (χ4n) is 3.11. The molecule has 5 nitrogen and oxygen atoms in total. The van der Waals surface area contributed by atoms with Crippen molar-refractivity contribution in [1.29, 1.82) is 0 Å². The van der Waals surface area contributed by atoms with Gasteiger partial charge in [0.2, 0.25) is 0 Å². The molecule has 0 radical (unpaired) electrons. The quantitative estimate of drug-likeness (QED) is 0.602. The predicted molar refractivity (Wildman–Crippen MR) is 86.9 cm³/mol. The molecule has 0 amide bonds. The maximum absolute atomic E-state index is 11.4. The normalized spacial score (nSPS) is 17.2. The van der Waals surface area contributed by atoms with E-state index >= 15 is 0 Å². The Morgan fingerprint density at radius 1 is 1.19 bits per heavy atom. The Kier molecular flexibility index (Phi) is 5.04. The molecule has 2 rings (SSSR count). The molecule has 1 aliphatic carbocycles. The van der Waals surface area contributed by atoms with E-state index in [0.717, 1.165) is 6.54 Å². The van der Waals surface area contributed by atoms with Gasteiger partial charge in [0.15, 0.2) is 0 Å². The Bertz CT molecular complexity index is 496. The number of hydrogen-bond donors (Lipinski definition) is 2. The zero-order chi connectivity index (χ0) is 15.3. The van der Waals surface area contributed by atoms with E-state index in [4.69, 9.17) is 0 Å². The number of anilines is 2. The van der Waals surface area contributed by atoms with Crippen LogP contribution in [0.2, 0.25) is 0 Å². The Labute approximate surface area is 126 Å². The number of rotatable bonds is 6. The molecule has 0 atom stereocenters. The summed E-state index contributed by atoms with van der Waals surface area (Å²) in [7, 11) is 0. The van der Waals surface area contributed by atoms with E-state index in [0.29, 0.717) is 17.9 Å². The molecule has 1 aromatic rings. The maximum atomic E-state index is 11.4. The van der Waals surface area contributed by atoms with Crippen LogP contribution >= 0.6 is 0 Å². The van der Waals surface area contributed by atoms with Gasteiger partial charge >= 0.3 is 5.69 Å². The molecule has 0 unspecified atom stereocenters. The smallest absolute Gasteiger partial charge is 0.315 e. The fraction of sp³-hybridized carbons (Fsp3) is 0.625. The molecule has 0 heterocycles. The highest BCUT2D eigenvalue weighted by molar-refractivity contribution is 5.76. The third-order valence-corrected chi connectivity index (χ3v) is 4.35. The van der Waals surface area contributed by atoms with Gasteiger partial charge in [-0.3, -0.25) is 10.1 Å². The van der Waals surface area contributed by atoms with Crippen LogP contribution in [0.3, 0.4) is 0 Å². The van der Waals surface area contributed by atoms with E-state index < -0.39 is 0 Å². The van der Waals surface area contributed by atoms with Crippen LogP contribution in [0.15, 0.2) is 18.2 Å². The largest absolute Gasteiger partial charge is 0.380 e. The minimum Gasteiger partial charge on any atom is -0.380 e. The minimum absolute atomic E-state index is 0.152. The number of para-hydroxylation sites is 1. The van der Waals surface area contributed by atoms with Crippen molar-refractivity contribution in [3.63, 3.8) is 0 Å². The average molecular weight is 291 g/mol. The van der Waals surface area contributed by atoms with Crippen molar-refractivity contribution in [3.8, 4) is 0 Å². The van der Waals surface area contributed by atoms with E-state index in [-0.39, 0.29) is 16.0 Å². The van der Waals surface area contributed by atoms with Gasteiger partial charge in [-0.1, -0.05) is 32.3 Å². The minimum atomic E-state index is -0.302. The number of nitro groups is 1. The van der Waals surface area contributed by atoms with E-state index in [9.17, 15) is 10.1 Å². The third kappa shape index (κ3) is 3.86. The molecule has 116 valence electrons. The maximum Gasteiger partial charge on any atom is 0.315 e. The second-order valence-electron chi connectivity index (χ2n) is 6.21. The van der Waals surface area contributed by atoms with Crippen molar-refractivity contribution in [1.82, 2.24) is 0 Å². The van der Waals surface area contributed by atoms with Gasteiger partial charge in [-0.2, -0.15) is 0 Å². The Hall–Kier alpha value is -1.78. The number of benzene rings is 1. The molecule has 5 heteroatoms. The summed E-state index contributed by atoms with van der Waals surface area (Å²) < 4.78 is 0. The number of nitrogens with one attached hydrogen (secondary N) is 2. The van der Waals surface area contributed by atoms with E-state index in [1.54, 1.807) is 12.1 Å². The lowest BCUT2D eigenvalue weighted by Gasteiger charge is -2.34. The standard InChI is InChI=1S/C16H25N3O2/c1-3-17-13-8-7-9-14(15(13)19(20)21)18-12-16(2)10-5-4-6-11-16/h7-9,17-18H,3-6,10-12H2,1-2H3. The lowest BCUT2D eigenvalue weighted by Crippen LogP contribution is -2.29. The van der Waals surface area contributed by atoms with Crippen LogP contribution in [0.25, 0.3) is 0 Å². The molecule has 1 aliphatic rings. The van der Waals surface area contributed by atoms with E-state index in [1.807, 2.05) is 13.0 Å². The van der Waals surface area contributed by atoms with E-state index in [1.165, 1.54) is 32.1 Å². The third-order valence-electron chi connectivity index (χ3n) is 4.35. The van der Waals surface area contributed by atoms with Crippen LogP contribution in [0.5, 0.6) is 0 Å². The van der Waals surface area contributed by atoms with Crippen molar-refractivity contribution in [2.24, 2.45) is 5.41 Å². The van der Waals surface area contributed by atoms with Crippen molar-refractivity contribution >= 4 is 17.1 Å². The first kappa shape index (κ1) is 15.6.